The maximum absolute atomic E-state index is 12.5. The van der Waals surface area contributed by atoms with Crippen molar-refractivity contribution in [2.24, 2.45) is 0 Å². The molecule has 8 heteroatoms. The van der Waals surface area contributed by atoms with Crippen LogP contribution >= 0.6 is 0 Å². The van der Waals surface area contributed by atoms with E-state index in [0.717, 1.165) is 30.0 Å². The predicted octanol–water partition coefficient (Wildman–Crippen LogP) is 1.06. The fourth-order valence-corrected chi connectivity index (χ4v) is 3.21. The molecule has 0 radical (unpaired) electrons. The molecule has 1 aromatic heterocycles. The zero-order valence-corrected chi connectivity index (χ0v) is 13.2. The van der Waals surface area contributed by atoms with Crippen LogP contribution in [0.1, 0.15) is 30.1 Å². The highest BCUT2D eigenvalue weighted by Gasteiger charge is 2.26. The fourth-order valence-electron chi connectivity index (χ4n) is 3.21. The lowest BCUT2D eigenvalue weighted by Gasteiger charge is -2.31. The van der Waals surface area contributed by atoms with E-state index in [1.807, 2.05) is 23.1 Å². The number of nitrogens with one attached hydrogen (secondary N) is 1. The molecule has 1 amide bonds. The van der Waals surface area contributed by atoms with Gasteiger partial charge in [-0.3, -0.25) is 9.89 Å². The lowest BCUT2D eigenvalue weighted by molar-refractivity contribution is -0.131. The van der Waals surface area contributed by atoms with E-state index in [1.54, 1.807) is 0 Å². The normalized spacial score (nSPS) is 17.2. The third kappa shape index (κ3) is 2.86. The van der Waals surface area contributed by atoms with Crippen LogP contribution in [0, 0.1) is 0 Å². The Morgan fingerprint density at radius 2 is 2.08 bits per heavy atom. The lowest BCUT2D eigenvalue weighted by atomic mass is 9.95. The SMILES string of the molecule is Nc1n[nH]c(C2CCN(C(=O)Cc3ccc4c(c3)OCO4)CC2)n1. The quantitative estimate of drug-likeness (QED) is 0.872. The van der Waals surface area contributed by atoms with Crippen LogP contribution in [0.5, 0.6) is 11.5 Å². The third-order valence-electron chi connectivity index (χ3n) is 4.55. The number of anilines is 1. The fraction of sp³-hybridized carbons (Fsp3) is 0.438. The summed E-state index contributed by atoms with van der Waals surface area (Å²) >= 11 is 0. The first-order chi connectivity index (χ1) is 11.7. The number of nitrogens with two attached hydrogens (primary N) is 1. The van der Waals surface area contributed by atoms with E-state index in [9.17, 15) is 4.79 Å². The number of aromatic amines is 1. The van der Waals surface area contributed by atoms with Crippen LogP contribution < -0.4 is 15.2 Å². The number of rotatable bonds is 3. The van der Waals surface area contributed by atoms with Crippen molar-refractivity contribution in [3.63, 3.8) is 0 Å². The van der Waals surface area contributed by atoms with Gasteiger partial charge in [0.05, 0.1) is 6.42 Å². The van der Waals surface area contributed by atoms with Crippen LogP contribution in [-0.4, -0.2) is 45.9 Å². The molecule has 24 heavy (non-hydrogen) atoms. The molecule has 1 saturated heterocycles. The summed E-state index contributed by atoms with van der Waals surface area (Å²) < 4.78 is 10.6. The zero-order chi connectivity index (χ0) is 16.5. The van der Waals surface area contributed by atoms with Gasteiger partial charge in [0.1, 0.15) is 5.82 Å². The number of aromatic nitrogens is 3. The molecule has 0 bridgehead atoms. The predicted molar refractivity (Wildman–Crippen MR) is 85.6 cm³/mol. The smallest absolute Gasteiger partial charge is 0.239 e. The highest BCUT2D eigenvalue weighted by molar-refractivity contribution is 5.79. The van der Waals surface area contributed by atoms with Crippen molar-refractivity contribution in [1.29, 1.82) is 0 Å². The number of fused-ring (bicyclic) bond motifs is 1. The second kappa shape index (κ2) is 6.03. The van der Waals surface area contributed by atoms with Gasteiger partial charge in [-0.05, 0) is 30.5 Å². The average Bonchev–Trinajstić information content (AvgIpc) is 3.23. The molecule has 0 aliphatic carbocycles. The summed E-state index contributed by atoms with van der Waals surface area (Å²) in [5.74, 6) is 2.94. The summed E-state index contributed by atoms with van der Waals surface area (Å²) in [6, 6.07) is 5.64. The minimum absolute atomic E-state index is 0.129. The van der Waals surface area contributed by atoms with E-state index < -0.39 is 0 Å². The molecule has 126 valence electrons. The molecule has 8 nitrogen and oxygen atoms in total. The molecule has 4 rings (SSSR count). The Morgan fingerprint density at radius 3 is 2.83 bits per heavy atom. The van der Waals surface area contributed by atoms with E-state index in [-0.39, 0.29) is 24.6 Å². The Bertz CT molecular complexity index is 752. The average molecular weight is 329 g/mol. The second-order valence-corrected chi connectivity index (χ2v) is 6.10. The van der Waals surface area contributed by atoms with E-state index >= 15 is 0 Å². The molecule has 2 aromatic rings. The summed E-state index contributed by atoms with van der Waals surface area (Å²) in [5.41, 5.74) is 6.49. The number of ether oxygens (including phenoxy) is 2. The number of carbonyl (C=O) groups excluding carboxylic acids is 1. The summed E-state index contributed by atoms with van der Waals surface area (Å²) in [6.45, 7) is 1.68. The minimum Gasteiger partial charge on any atom is -0.454 e. The van der Waals surface area contributed by atoms with E-state index in [0.29, 0.717) is 25.3 Å². The first-order valence-electron chi connectivity index (χ1n) is 8.03. The number of hydrogen-bond donors (Lipinski definition) is 2. The topological polar surface area (TPSA) is 106 Å². The van der Waals surface area contributed by atoms with E-state index in [1.165, 1.54) is 0 Å². The Labute approximate surface area is 139 Å². The molecule has 2 aliphatic rings. The molecule has 1 fully saturated rings. The van der Waals surface area contributed by atoms with Crippen molar-refractivity contribution < 1.29 is 14.3 Å². The first-order valence-corrected chi connectivity index (χ1v) is 8.03. The van der Waals surface area contributed by atoms with Crippen LogP contribution in [0.15, 0.2) is 18.2 Å². The molecule has 1 aromatic carbocycles. The van der Waals surface area contributed by atoms with Gasteiger partial charge in [-0.25, -0.2) is 0 Å². The van der Waals surface area contributed by atoms with Gasteiger partial charge in [0.2, 0.25) is 18.6 Å². The number of benzene rings is 1. The van der Waals surface area contributed by atoms with Gasteiger partial charge in [0.25, 0.3) is 0 Å². The van der Waals surface area contributed by atoms with Crippen LogP contribution in [0.25, 0.3) is 0 Å². The molecule has 0 atom stereocenters. The van der Waals surface area contributed by atoms with Gasteiger partial charge in [0.15, 0.2) is 11.5 Å². The maximum Gasteiger partial charge on any atom is 0.239 e. The highest BCUT2D eigenvalue weighted by Crippen LogP contribution is 2.33. The summed E-state index contributed by atoms with van der Waals surface area (Å²) in [6.07, 6.45) is 2.10. The summed E-state index contributed by atoms with van der Waals surface area (Å²) in [7, 11) is 0. The zero-order valence-electron chi connectivity index (χ0n) is 13.2. The van der Waals surface area contributed by atoms with E-state index in [2.05, 4.69) is 15.2 Å². The van der Waals surface area contributed by atoms with Crippen molar-refractivity contribution in [3.8, 4) is 11.5 Å². The number of carbonyl (C=O) groups is 1. The van der Waals surface area contributed by atoms with Crippen LogP contribution in [0.3, 0.4) is 0 Å². The highest BCUT2D eigenvalue weighted by atomic mass is 16.7. The molecular formula is C16H19N5O3. The molecule has 3 N–H and O–H groups in total. The van der Waals surface area contributed by atoms with Crippen LogP contribution in [0.2, 0.25) is 0 Å². The van der Waals surface area contributed by atoms with E-state index in [4.69, 9.17) is 15.2 Å². The number of nitrogen functional groups attached to an aromatic ring is 1. The van der Waals surface area contributed by atoms with Crippen LogP contribution in [0.4, 0.5) is 5.95 Å². The van der Waals surface area contributed by atoms with Crippen molar-refractivity contribution >= 4 is 11.9 Å². The van der Waals surface area contributed by atoms with Crippen molar-refractivity contribution in [2.75, 3.05) is 25.6 Å². The molecule has 3 heterocycles. The lowest BCUT2D eigenvalue weighted by Crippen LogP contribution is -2.39. The molecular weight excluding hydrogens is 310 g/mol. The van der Waals surface area contributed by atoms with Gasteiger partial charge in [0, 0.05) is 19.0 Å². The summed E-state index contributed by atoms with van der Waals surface area (Å²) in [4.78, 5) is 18.6. The third-order valence-corrected chi connectivity index (χ3v) is 4.55. The Kier molecular flexibility index (Phi) is 3.72. The Balaban J connectivity index is 1.34. The van der Waals surface area contributed by atoms with Crippen LogP contribution in [-0.2, 0) is 11.2 Å². The molecule has 0 spiro atoms. The molecule has 0 unspecified atom stereocenters. The summed E-state index contributed by atoms with van der Waals surface area (Å²) in [5, 5.41) is 6.74. The number of amides is 1. The Morgan fingerprint density at radius 1 is 1.29 bits per heavy atom. The van der Waals surface area contributed by atoms with Gasteiger partial charge >= 0.3 is 0 Å². The van der Waals surface area contributed by atoms with Crippen molar-refractivity contribution in [2.45, 2.75) is 25.2 Å². The minimum atomic E-state index is 0.129. The second-order valence-electron chi connectivity index (χ2n) is 6.10. The van der Waals surface area contributed by atoms with Gasteiger partial charge in [-0.2, -0.15) is 4.98 Å². The number of H-pyrrole nitrogens is 1. The first kappa shape index (κ1) is 14.8. The van der Waals surface area contributed by atoms with Gasteiger partial charge in [-0.1, -0.05) is 6.07 Å². The maximum atomic E-state index is 12.5. The van der Waals surface area contributed by atoms with Crippen molar-refractivity contribution in [3.05, 3.63) is 29.6 Å². The largest absolute Gasteiger partial charge is 0.454 e. The monoisotopic (exact) mass is 329 g/mol. The number of likely N-dealkylation sites (tertiary alicyclic amines) is 1. The molecule has 0 saturated carbocycles. The number of hydrogen-bond acceptors (Lipinski definition) is 6. The standard InChI is InChI=1S/C16H19N5O3/c17-16-18-15(19-20-16)11-3-5-21(6-4-11)14(22)8-10-1-2-12-13(7-10)24-9-23-12/h1-2,7,11H,3-6,8-9H2,(H3,17,18,19,20). The van der Waals surface area contributed by atoms with Gasteiger partial charge in [-0.15, -0.1) is 5.10 Å². The number of piperidine rings is 1. The van der Waals surface area contributed by atoms with Crippen molar-refractivity contribution in [1.82, 2.24) is 20.1 Å². The van der Waals surface area contributed by atoms with Gasteiger partial charge < -0.3 is 20.1 Å². The molecule has 2 aliphatic heterocycles. The number of nitrogens with zero attached hydrogens (tertiary/aromatic N) is 3. The Hall–Kier alpha value is -2.77.